The van der Waals surface area contributed by atoms with Gasteiger partial charge in [0.2, 0.25) is 0 Å². The highest BCUT2D eigenvalue weighted by Gasteiger charge is 2.25. The molecule has 19 heavy (non-hydrogen) atoms. The summed E-state index contributed by atoms with van der Waals surface area (Å²) in [4.78, 5) is 8.44. The first-order valence-electron chi connectivity index (χ1n) is 6.17. The number of rotatable bonds is 3. The van der Waals surface area contributed by atoms with E-state index in [4.69, 9.17) is 0 Å². The maximum absolute atomic E-state index is 4.39. The van der Waals surface area contributed by atoms with Crippen LogP contribution in [0.2, 0.25) is 0 Å². The number of halogens is 2. The Morgan fingerprint density at radius 2 is 1.74 bits per heavy atom. The van der Waals surface area contributed by atoms with Crippen LogP contribution in [-0.4, -0.2) is 9.97 Å². The van der Waals surface area contributed by atoms with E-state index in [9.17, 15) is 0 Å². The predicted octanol–water partition coefficient (Wildman–Crippen LogP) is 4.10. The summed E-state index contributed by atoms with van der Waals surface area (Å²) < 4.78 is 0. The second-order valence-electron chi connectivity index (χ2n) is 4.82. The molecule has 1 saturated carbocycles. The molecule has 3 rings (SSSR count). The third-order valence-corrected chi connectivity index (χ3v) is 3.52. The highest BCUT2D eigenvalue weighted by atomic mass is 35.5. The van der Waals surface area contributed by atoms with Crippen molar-refractivity contribution >= 4 is 24.8 Å². The van der Waals surface area contributed by atoms with Crippen LogP contribution in [0.25, 0.3) is 0 Å². The average Bonchev–Trinajstić information content (AvgIpc) is 3.17. The minimum Gasteiger partial charge on any atom is -0.265 e. The highest BCUT2D eigenvalue weighted by molar-refractivity contribution is 5.85. The van der Waals surface area contributed by atoms with E-state index in [0.29, 0.717) is 0 Å². The van der Waals surface area contributed by atoms with E-state index >= 15 is 0 Å². The molecule has 0 aromatic carbocycles. The summed E-state index contributed by atoms with van der Waals surface area (Å²) in [6.45, 7) is 2.23. The van der Waals surface area contributed by atoms with Crippen molar-refractivity contribution in [2.45, 2.75) is 32.1 Å². The molecule has 0 unspecified atom stereocenters. The van der Waals surface area contributed by atoms with Crippen molar-refractivity contribution in [2.24, 2.45) is 0 Å². The van der Waals surface area contributed by atoms with Crippen LogP contribution in [0.15, 0.2) is 36.9 Å². The van der Waals surface area contributed by atoms with Crippen LogP contribution < -0.4 is 0 Å². The van der Waals surface area contributed by atoms with Crippen molar-refractivity contribution in [2.75, 3.05) is 0 Å². The first kappa shape index (κ1) is 15.9. The minimum absolute atomic E-state index is 0. The van der Waals surface area contributed by atoms with Crippen molar-refractivity contribution < 1.29 is 0 Å². The molecule has 2 aromatic heterocycles. The maximum Gasteiger partial charge on any atom is 0.0306 e. The lowest BCUT2D eigenvalue weighted by Gasteiger charge is -2.09. The van der Waals surface area contributed by atoms with Gasteiger partial charge in [-0.1, -0.05) is 0 Å². The van der Waals surface area contributed by atoms with Gasteiger partial charge < -0.3 is 0 Å². The zero-order chi connectivity index (χ0) is 11.7. The molecule has 0 spiro atoms. The van der Waals surface area contributed by atoms with Gasteiger partial charge in [-0.15, -0.1) is 24.8 Å². The van der Waals surface area contributed by atoms with Crippen molar-refractivity contribution in [3.8, 4) is 0 Å². The molecule has 4 heteroatoms. The molecule has 0 radical (unpaired) electrons. The largest absolute Gasteiger partial charge is 0.265 e. The molecule has 1 aliphatic rings. The molecule has 0 amide bonds. The van der Waals surface area contributed by atoms with Gasteiger partial charge in [-0.3, -0.25) is 9.97 Å². The smallest absolute Gasteiger partial charge is 0.0306 e. The van der Waals surface area contributed by atoms with Gasteiger partial charge in [-0.05, 0) is 66.5 Å². The Morgan fingerprint density at radius 3 is 2.37 bits per heavy atom. The molecule has 0 atom stereocenters. The van der Waals surface area contributed by atoms with Crippen molar-refractivity contribution in [3.05, 3.63) is 59.2 Å². The molecule has 0 saturated heterocycles. The molecule has 1 fully saturated rings. The third kappa shape index (κ3) is 3.68. The molecular formula is C15H18Cl2N2. The second-order valence-corrected chi connectivity index (χ2v) is 4.82. The first-order valence-corrected chi connectivity index (χ1v) is 6.17. The van der Waals surface area contributed by atoms with Gasteiger partial charge in [-0.2, -0.15) is 0 Å². The predicted molar refractivity (Wildman–Crippen MR) is 82.5 cm³/mol. The van der Waals surface area contributed by atoms with E-state index in [0.717, 1.165) is 12.3 Å². The first-order chi connectivity index (χ1) is 8.34. The Labute approximate surface area is 126 Å². The quantitative estimate of drug-likeness (QED) is 0.852. The van der Waals surface area contributed by atoms with Gasteiger partial charge in [0.15, 0.2) is 0 Å². The van der Waals surface area contributed by atoms with E-state index in [1.807, 2.05) is 24.8 Å². The maximum atomic E-state index is 4.39. The molecule has 102 valence electrons. The normalized spacial score (nSPS) is 13.3. The van der Waals surface area contributed by atoms with Crippen LogP contribution in [-0.2, 0) is 6.42 Å². The van der Waals surface area contributed by atoms with Crippen LogP contribution >= 0.6 is 24.8 Å². The van der Waals surface area contributed by atoms with Gasteiger partial charge in [0.1, 0.15) is 0 Å². The Morgan fingerprint density at radius 1 is 1.05 bits per heavy atom. The summed E-state index contributed by atoms with van der Waals surface area (Å²) in [7, 11) is 0. The minimum atomic E-state index is 0. The molecule has 0 aliphatic heterocycles. The lowest BCUT2D eigenvalue weighted by atomic mass is 9.98. The van der Waals surface area contributed by atoms with Crippen molar-refractivity contribution in [3.63, 3.8) is 0 Å². The van der Waals surface area contributed by atoms with E-state index < -0.39 is 0 Å². The fraction of sp³-hybridized carbons (Fsp3) is 0.333. The SMILES string of the molecule is Cc1c(Cc2ccncc2)cncc1C1CC1.Cl.Cl. The van der Waals surface area contributed by atoms with E-state index in [-0.39, 0.29) is 24.8 Å². The molecule has 1 aliphatic carbocycles. The lowest BCUT2D eigenvalue weighted by molar-refractivity contribution is 1.01. The van der Waals surface area contributed by atoms with Gasteiger partial charge in [0, 0.05) is 24.8 Å². The molecule has 0 bridgehead atoms. The van der Waals surface area contributed by atoms with Crippen molar-refractivity contribution in [1.29, 1.82) is 0 Å². The van der Waals surface area contributed by atoms with E-state index in [1.54, 1.807) is 0 Å². The fourth-order valence-electron chi connectivity index (χ4n) is 2.29. The zero-order valence-electron chi connectivity index (χ0n) is 10.9. The molecule has 2 heterocycles. The third-order valence-electron chi connectivity index (χ3n) is 3.52. The van der Waals surface area contributed by atoms with Gasteiger partial charge >= 0.3 is 0 Å². The number of aromatic nitrogens is 2. The van der Waals surface area contributed by atoms with E-state index in [2.05, 4.69) is 29.0 Å². The number of hydrogen-bond acceptors (Lipinski definition) is 2. The molecule has 0 N–H and O–H groups in total. The molecule has 2 aromatic rings. The van der Waals surface area contributed by atoms with E-state index in [1.165, 1.54) is 35.1 Å². The Balaban J connectivity index is 0.000000902. The highest BCUT2D eigenvalue weighted by Crippen LogP contribution is 2.41. The van der Waals surface area contributed by atoms with Crippen LogP contribution in [0, 0.1) is 6.92 Å². The lowest BCUT2D eigenvalue weighted by Crippen LogP contribution is -1.97. The number of nitrogens with zero attached hydrogens (tertiary/aromatic N) is 2. The van der Waals surface area contributed by atoms with Crippen LogP contribution in [0.3, 0.4) is 0 Å². The van der Waals surface area contributed by atoms with Gasteiger partial charge in [0.25, 0.3) is 0 Å². The van der Waals surface area contributed by atoms with Gasteiger partial charge in [-0.25, -0.2) is 0 Å². The van der Waals surface area contributed by atoms with Crippen LogP contribution in [0.5, 0.6) is 0 Å². The standard InChI is InChI=1S/C15H16N2.2ClH/c1-11-14(8-12-4-6-16-7-5-12)9-17-10-15(11)13-2-3-13;;/h4-7,9-10,13H,2-3,8H2,1H3;2*1H. The zero-order valence-corrected chi connectivity index (χ0v) is 12.5. The molecular weight excluding hydrogens is 279 g/mol. The second kappa shape index (κ2) is 6.88. The molecule has 2 nitrogen and oxygen atoms in total. The summed E-state index contributed by atoms with van der Waals surface area (Å²) in [6.07, 6.45) is 11.4. The monoisotopic (exact) mass is 296 g/mol. The Hall–Kier alpha value is -1.12. The Bertz CT molecular complexity index is 525. The topological polar surface area (TPSA) is 25.8 Å². The summed E-state index contributed by atoms with van der Waals surface area (Å²) in [5, 5.41) is 0. The van der Waals surface area contributed by atoms with Crippen LogP contribution in [0.1, 0.15) is 41.0 Å². The number of pyridine rings is 2. The summed E-state index contributed by atoms with van der Waals surface area (Å²) in [6, 6.07) is 4.15. The average molecular weight is 297 g/mol. The van der Waals surface area contributed by atoms with Crippen molar-refractivity contribution in [1.82, 2.24) is 9.97 Å². The number of hydrogen-bond donors (Lipinski definition) is 0. The summed E-state index contributed by atoms with van der Waals surface area (Å²) in [5.74, 6) is 0.778. The van der Waals surface area contributed by atoms with Gasteiger partial charge in [0.05, 0.1) is 0 Å². The fourth-order valence-corrected chi connectivity index (χ4v) is 2.29. The summed E-state index contributed by atoms with van der Waals surface area (Å²) >= 11 is 0. The summed E-state index contributed by atoms with van der Waals surface area (Å²) in [5.41, 5.74) is 5.54. The Kier molecular flexibility index (Phi) is 5.77. The van der Waals surface area contributed by atoms with Crippen LogP contribution in [0.4, 0.5) is 0 Å².